The van der Waals surface area contributed by atoms with Gasteiger partial charge in [-0.05, 0) is 24.2 Å². The van der Waals surface area contributed by atoms with Crippen LogP contribution in [0.5, 0.6) is 0 Å². The van der Waals surface area contributed by atoms with E-state index in [4.69, 9.17) is 0 Å². The van der Waals surface area contributed by atoms with Crippen molar-refractivity contribution in [1.82, 2.24) is 5.32 Å². The molecule has 1 fully saturated rings. The summed E-state index contributed by atoms with van der Waals surface area (Å²) in [6.45, 7) is 7.25. The monoisotopic (exact) mass is 275 g/mol. The predicted molar refractivity (Wildman–Crippen MR) is 67.1 cm³/mol. The van der Waals surface area contributed by atoms with Crippen molar-refractivity contribution in [2.24, 2.45) is 17.8 Å². The summed E-state index contributed by atoms with van der Waals surface area (Å²) in [7, 11) is 0. The molecule has 0 aliphatic heterocycles. The molecule has 1 aliphatic carbocycles. The maximum atomic E-state index is 11.7. The average molecular weight is 276 g/mol. The van der Waals surface area contributed by atoms with Crippen molar-refractivity contribution in [3.63, 3.8) is 0 Å². The standard InChI is InChI=1S/C12H22BrNO/c1-8(2)11(13)12(15)14-7-10-6-4-5-9(10)3/h8-11H,4-7H2,1-3H3,(H,14,15). The first kappa shape index (κ1) is 13.0. The second-order valence-corrected chi connectivity index (χ2v) is 6.05. The summed E-state index contributed by atoms with van der Waals surface area (Å²) in [5.41, 5.74) is 0. The molecule has 0 aromatic heterocycles. The molecular weight excluding hydrogens is 254 g/mol. The van der Waals surface area contributed by atoms with Gasteiger partial charge in [-0.2, -0.15) is 0 Å². The van der Waals surface area contributed by atoms with Gasteiger partial charge in [0.1, 0.15) is 0 Å². The molecule has 0 heterocycles. The molecule has 0 saturated heterocycles. The Bertz CT molecular complexity index is 218. The lowest BCUT2D eigenvalue weighted by Gasteiger charge is -2.18. The number of amides is 1. The van der Waals surface area contributed by atoms with Crippen LogP contribution < -0.4 is 5.32 Å². The van der Waals surface area contributed by atoms with Gasteiger partial charge >= 0.3 is 0 Å². The number of nitrogens with one attached hydrogen (secondary N) is 1. The normalized spacial score (nSPS) is 28.1. The van der Waals surface area contributed by atoms with E-state index in [2.05, 4.69) is 42.0 Å². The van der Waals surface area contributed by atoms with Gasteiger partial charge < -0.3 is 5.32 Å². The van der Waals surface area contributed by atoms with E-state index in [0.717, 1.165) is 12.5 Å². The van der Waals surface area contributed by atoms with E-state index in [1.54, 1.807) is 0 Å². The summed E-state index contributed by atoms with van der Waals surface area (Å²) >= 11 is 3.42. The van der Waals surface area contributed by atoms with Gasteiger partial charge in [-0.15, -0.1) is 0 Å². The molecule has 0 bridgehead atoms. The van der Waals surface area contributed by atoms with Crippen molar-refractivity contribution >= 4 is 21.8 Å². The van der Waals surface area contributed by atoms with Gasteiger partial charge in [0.2, 0.25) is 5.91 Å². The van der Waals surface area contributed by atoms with E-state index < -0.39 is 0 Å². The Labute approximate surface area is 101 Å². The minimum atomic E-state index is -0.0470. The fourth-order valence-corrected chi connectivity index (χ4v) is 2.32. The molecular formula is C12H22BrNO. The number of halogens is 1. The number of alkyl halides is 1. The number of carbonyl (C=O) groups excluding carboxylic acids is 1. The summed E-state index contributed by atoms with van der Waals surface area (Å²) in [6, 6.07) is 0. The van der Waals surface area contributed by atoms with E-state index in [-0.39, 0.29) is 10.7 Å². The van der Waals surface area contributed by atoms with Crippen LogP contribution in [-0.4, -0.2) is 17.3 Å². The van der Waals surface area contributed by atoms with Crippen LogP contribution in [0.25, 0.3) is 0 Å². The third-order valence-corrected chi connectivity index (χ3v) is 4.89. The van der Waals surface area contributed by atoms with Crippen molar-refractivity contribution < 1.29 is 4.79 Å². The molecule has 3 atom stereocenters. The lowest BCUT2D eigenvalue weighted by Crippen LogP contribution is -2.37. The SMILES string of the molecule is CC(C)C(Br)C(=O)NCC1CCCC1C. The molecule has 1 amide bonds. The fourth-order valence-electron chi connectivity index (χ4n) is 2.16. The van der Waals surface area contributed by atoms with E-state index in [9.17, 15) is 4.79 Å². The van der Waals surface area contributed by atoms with E-state index in [0.29, 0.717) is 11.8 Å². The van der Waals surface area contributed by atoms with Gasteiger partial charge in [-0.25, -0.2) is 0 Å². The Hall–Kier alpha value is -0.0500. The van der Waals surface area contributed by atoms with Gasteiger partial charge in [0.25, 0.3) is 0 Å². The Morgan fingerprint density at radius 3 is 2.60 bits per heavy atom. The minimum absolute atomic E-state index is 0.0470. The predicted octanol–water partition coefficient (Wildman–Crippen LogP) is 2.96. The third-order valence-electron chi connectivity index (χ3n) is 3.41. The summed E-state index contributed by atoms with van der Waals surface area (Å²) in [5, 5.41) is 3.05. The van der Waals surface area contributed by atoms with Crippen LogP contribution in [0.3, 0.4) is 0 Å². The molecule has 1 rings (SSSR count). The Kier molecular flexibility index (Phi) is 5.10. The zero-order chi connectivity index (χ0) is 11.4. The highest BCUT2D eigenvalue weighted by Crippen LogP contribution is 2.30. The zero-order valence-corrected chi connectivity index (χ0v) is 11.5. The maximum absolute atomic E-state index is 11.7. The van der Waals surface area contributed by atoms with Crippen LogP contribution in [-0.2, 0) is 4.79 Å². The van der Waals surface area contributed by atoms with Crippen molar-refractivity contribution in [3.05, 3.63) is 0 Å². The van der Waals surface area contributed by atoms with Crippen LogP contribution in [0, 0.1) is 17.8 Å². The van der Waals surface area contributed by atoms with Crippen LogP contribution in [0.2, 0.25) is 0 Å². The largest absolute Gasteiger partial charge is 0.355 e. The number of carbonyl (C=O) groups is 1. The number of rotatable bonds is 4. The smallest absolute Gasteiger partial charge is 0.234 e. The molecule has 0 aromatic carbocycles. The summed E-state index contributed by atoms with van der Waals surface area (Å²) < 4.78 is 0. The van der Waals surface area contributed by atoms with E-state index in [1.807, 2.05) is 0 Å². The van der Waals surface area contributed by atoms with Gasteiger partial charge in [0.15, 0.2) is 0 Å². The summed E-state index contributed by atoms with van der Waals surface area (Å²) in [4.78, 5) is 11.6. The van der Waals surface area contributed by atoms with E-state index in [1.165, 1.54) is 19.3 Å². The summed E-state index contributed by atoms with van der Waals surface area (Å²) in [6.07, 6.45) is 3.92. The molecule has 0 radical (unpaired) electrons. The Morgan fingerprint density at radius 2 is 2.13 bits per heavy atom. The van der Waals surface area contributed by atoms with Crippen molar-refractivity contribution in [1.29, 1.82) is 0 Å². The van der Waals surface area contributed by atoms with Crippen LogP contribution in [0.1, 0.15) is 40.0 Å². The fraction of sp³-hybridized carbons (Fsp3) is 0.917. The molecule has 0 aromatic rings. The Morgan fingerprint density at radius 1 is 1.47 bits per heavy atom. The molecule has 1 N–H and O–H groups in total. The van der Waals surface area contributed by atoms with Gasteiger partial charge in [-0.1, -0.05) is 49.5 Å². The second kappa shape index (κ2) is 5.88. The zero-order valence-electron chi connectivity index (χ0n) is 9.92. The molecule has 1 aliphatic rings. The van der Waals surface area contributed by atoms with Gasteiger partial charge in [-0.3, -0.25) is 4.79 Å². The maximum Gasteiger partial charge on any atom is 0.234 e. The van der Waals surface area contributed by atoms with Crippen molar-refractivity contribution in [3.8, 4) is 0 Å². The lowest BCUT2D eigenvalue weighted by atomic mass is 9.98. The average Bonchev–Trinajstić information content (AvgIpc) is 2.59. The molecule has 15 heavy (non-hydrogen) atoms. The first-order valence-electron chi connectivity index (χ1n) is 5.94. The Balaban J connectivity index is 2.27. The third kappa shape index (κ3) is 3.78. The number of hydrogen-bond acceptors (Lipinski definition) is 1. The lowest BCUT2D eigenvalue weighted by molar-refractivity contribution is -0.121. The highest BCUT2D eigenvalue weighted by Gasteiger charge is 2.25. The van der Waals surface area contributed by atoms with Crippen LogP contribution in [0.15, 0.2) is 0 Å². The molecule has 1 saturated carbocycles. The molecule has 0 spiro atoms. The molecule has 88 valence electrons. The molecule has 3 unspecified atom stereocenters. The highest BCUT2D eigenvalue weighted by atomic mass is 79.9. The highest BCUT2D eigenvalue weighted by molar-refractivity contribution is 9.10. The number of hydrogen-bond donors (Lipinski definition) is 1. The quantitative estimate of drug-likeness (QED) is 0.786. The topological polar surface area (TPSA) is 29.1 Å². The van der Waals surface area contributed by atoms with Gasteiger partial charge in [0.05, 0.1) is 4.83 Å². The van der Waals surface area contributed by atoms with Gasteiger partial charge in [0, 0.05) is 6.54 Å². The molecule has 3 heteroatoms. The minimum Gasteiger partial charge on any atom is -0.355 e. The first-order valence-corrected chi connectivity index (χ1v) is 6.85. The van der Waals surface area contributed by atoms with E-state index >= 15 is 0 Å². The second-order valence-electron chi connectivity index (χ2n) is 5.06. The molecule has 2 nitrogen and oxygen atoms in total. The van der Waals surface area contributed by atoms with Crippen LogP contribution in [0.4, 0.5) is 0 Å². The van der Waals surface area contributed by atoms with Crippen molar-refractivity contribution in [2.45, 2.75) is 44.9 Å². The van der Waals surface area contributed by atoms with Crippen LogP contribution >= 0.6 is 15.9 Å². The first-order chi connectivity index (χ1) is 7.02. The van der Waals surface area contributed by atoms with Crippen molar-refractivity contribution in [2.75, 3.05) is 6.54 Å². The summed E-state index contributed by atoms with van der Waals surface area (Å²) in [5.74, 6) is 1.97.